The molecule has 0 radical (unpaired) electrons. The highest BCUT2D eigenvalue weighted by molar-refractivity contribution is 9.11. The van der Waals surface area contributed by atoms with Crippen LogP contribution >= 0.6 is 31.9 Å². The van der Waals surface area contributed by atoms with E-state index >= 15 is 0 Å². The summed E-state index contributed by atoms with van der Waals surface area (Å²) < 4.78 is 2.24. The minimum atomic E-state index is 0.343. The molecular formula is C14H19Br2N. The van der Waals surface area contributed by atoms with Crippen molar-refractivity contribution in [1.29, 1.82) is 0 Å². The SMILES string of the molecule is C=C(C)CC(NCCC)c1ccc(Br)cc1Br. The Kier molecular flexibility index (Phi) is 6.45. The van der Waals surface area contributed by atoms with Crippen LogP contribution in [0.15, 0.2) is 39.3 Å². The average molecular weight is 361 g/mol. The van der Waals surface area contributed by atoms with Crippen molar-refractivity contribution in [2.75, 3.05) is 6.54 Å². The Morgan fingerprint density at radius 2 is 2.12 bits per heavy atom. The summed E-state index contributed by atoms with van der Waals surface area (Å²) in [5.41, 5.74) is 2.50. The second kappa shape index (κ2) is 7.34. The Morgan fingerprint density at radius 3 is 2.65 bits per heavy atom. The van der Waals surface area contributed by atoms with Crippen LogP contribution in [0.5, 0.6) is 0 Å². The Hall–Kier alpha value is -0.120. The van der Waals surface area contributed by atoms with E-state index in [1.165, 1.54) is 11.1 Å². The van der Waals surface area contributed by atoms with Gasteiger partial charge in [0.2, 0.25) is 0 Å². The maximum Gasteiger partial charge on any atom is 0.0368 e. The lowest BCUT2D eigenvalue weighted by Gasteiger charge is -2.20. The van der Waals surface area contributed by atoms with Crippen LogP contribution in [0.1, 0.15) is 38.3 Å². The van der Waals surface area contributed by atoms with Crippen molar-refractivity contribution in [3.63, 3.8) is 0 Å². The van der Waals surface area contributed by atoms with Gasteiger partial charge in [-0.3, -0.25) is 0 Å². The molecule has 0 aliphatic carbocycles. The minimum absolute atomic E-state index is 0.343. The first-order chi connectivity index (χ1) is 8.04. The van der Waals surface area contributed by atoms with E-state index in [9.17, 15) is 0 Å². The fourth-order valence-corrected chi connectivity index (χ4v) is 3.07. The molecule has 0 saturated heterocycles. The zero-order chi connectivity index (χ0) is 12.8. The summed E-state index contributed by atoms with van der Waals surface area (Å²) >= 11 is 7.11. The van der Waals surface area contributed by atoms with Gasteiger partial charge in [0.1, 0.15) is 0 Å². The molecule has 0 bridgehead atoms. The second-order valence-corrected chi connectivity index (χ2v) is 6.10. The number of nitrogens with one attached hydrogen (secondary N) is 1. The van der Waals surface area contributed by atoms with Gasteiger partial charge in [0, 0.05) is 15.0 Å². The van der Waals surface area contributed by atoms with Gasteiger partial charge in [-0.2, -0.15) is 0 Å². The van der Waals surface area contributed by atoms with Gasteiger partial charge in [-0.05, 0) is 44.0 Å². The summed E-state index contributed by atoms with van der Waals surface area (Å²) in [4.78, 5) is 0. The zero-order valence-electron chi connectivity index (χ0n) is 10.4. The second-order valence-electron chi connectivity index (χ2n) is 4.33. The van der Waals surface area contributed by atoms with Crippen molar-refractivity contribution in [3.8, 4) is 0 Å². The van der Waals surface area contributed by atoms with Crippen LogP contribution in [0.25, 0.3) is 0 Å². The fraction of sp³-hybridized carbons (Fsp3) is 0.429. The predicted molar refractivity (Wildman–Crippen MR) is 82.3 cm³/mol. The zero-order valence-corrected chi connectivity index (χ0v) is 13.6. The molecular weight excluding hydrogens is 342 g/mol. The van der Waals surface area contributed by atoms with Gasteiger partial charge in [-0.1, -0.05) is 50.4 Å². The summed E-state index contributed by atoms with van der Waals surface area (Å²) in [5, 5.41) is 3.57. The first kappa shape index (κ1) is 14.9. The number of rotatable bonds is 6. The molecule has 1 N–H and O–H groups in total. The lowest BCUT2D eigenvalue weighted by Crippen LogP contribution is -2.22. The molecule has 0 amide bonds. The van der Waals surface area contributed by atoms with Gasteiger partial charge in [-0.25, -0.2) is 0 Å². The number of benzene rings is 1. The monoisotopic (exact) mass is 359 g/mol. The van der Waals surface area contributed by atoms with Crippen molar-refractivity contribution in [3.05, 3.63) is 44.9 Å². The van der Waals surface area contributed by atoms with Crippen LogP contribution in [0, 0.1) is 0 Å². The van der Waals surface area contributed by atoms with Gasteiger partial charge in [0.05, 0.1) is 0 Å². The van der Waals surface area contributed by atoms with E-state index < -0.39 is 0 Å². The first-order valence-corrected chi connectivity index (χ1v) is 7.46. The Morgan fingerprint density at radius 1 is 1.41 bits per heavy atom. The molecule has 0 aromatic heterocycles. The van der Waals surface area contributed by atoms with Crippen molar-refractivity contribution in [2.24, 2.45) is 0 Å². The quantitative estimate of drug-likeness (QED) is 0.686. The summed E-state index contributed by atoms with van der Waals surface area (Å²) in [6.45, 7) is 9.30. The molecule has 1 nitrogen and oxygen atoms in total. The minimum Gasteiger partial charge on any atom is -0.310 e. The lowest BCUT2D eigenvalue weighted by molar-refractivity contribution is 0.526. The third-order valence-corrected chi connectivity index (χ3v) is 3.71. The molecule has 94 valence electrons. The van der Waals surface area contributed by atoms with Crippen molar-refractivity contribution in [1.82, 2.24) is 5.32 Å². The number of hydrogen-bond acceptors (Lipinski definition) is 1. The van der Waals surface area contributed by atoms with Gasteiger partial charge in [-0.15, -0.1) is 6.58 Å². The predicted octanol–water partition coefficient (Wildman–Crippen LogP) is 5.22. The average Bonchev–Trinajstić information content (AvgIpc) is 2.24. The van der Waals surface area contributed by atoms with E-state index in [2.05, 4.69) is 75.8 Å². The van der Waals surface area contributed by atoms with Crippen LogP contribution in [-0.2, 0) is 0 Å². The maximum atomic E-state index is 4.01. The fourth-order valence-electron chi connectivity index (χ4n) is 1.74. The summed E-state index contributed by atoms with van der Waals surface area (Å²) in [5.74, 6) is 0. The third-order valence-electron chi connectivity index (χ3n) is 2.53. The molecule has 1 atom stereocenters. The topological polar surface area (TPSA) is 12.0 Å². The van der Waals surface area contributed by atoms with Crippen molar-refractivity contribution in [2.45, 2.75) is 32.7 Å². The molecule has 0 spiro atoms. The molecule has 17 heavy (non-hydrogen) atoms. The highest BCUT2D eigenvalue weighted by atomic mass is 79.9. The van der Waals surface area contributed by atoms with E-state index in [-0.39, 0.29) is 0 Å². The largest absolute Gasteiger partial charge is 0.310 e. The van der Waals surface area contributed by atoms with Crippen LogP contribution in [-0.4, -0.2) is 6.54 Å². The number of halogens is 2. The Labute approximate surface area is 121 Å². The molecule has 0 fully saturated rings. The summed E-state index contributed by atoms with van der Waals surface area (Å²) in [7, 11) is 0. The smallest absolute Gasteiger partial charge is 0.0368 e. The van der Waals surface area contributed by atoms with E-state index in [1.807, 2.05) is 0 Å². The maximum absolute atomic E-state index is 4.01. The van der Waals surface area contributed by atoms with Crippen molar-refractivity contribution >= 4 is 31.9 Å². The van der Waals surface area contributed by atoms with Crippen LogP contribution in [0.4, 0.5) is 0 Å². The van der Waals surface area contributed by atoms with E-state index in [4.69, 9.17) is 0 Å². The van der Waals surface area contributed by atoms with E-state index in [0.717, 1.165) is 28.3 Å². The van der Waals surface area contributed by atoms with Crippen molar-refractivity contribution < 1.29 is 0 Å². The van der Waals surface area contributed by atoms with Crippen LogP contribution in [0.2, 0.25) is 0 Å². The summed E-state index contributed by atoms with van der Waals surface area (Å²) in [6.07, 6.45) is 2.11. The highest BCUT2D eigenvalue weighted by Gasteiger charge is 2.13. The molecule has 1 aromatic carbocycles. The molecule has 0 aliphatic heterocycles. The standard InChI is InChI=1S/C14H19Br2N/c1-4-7-17-14(8-10(2)3)12-6-5-11(15)9-13(12)16/h5-6,9,14,17H,2,4,7-8H2,1,3H3. The Bertz CT molecular complexity index is 388. The molecule has 1 aromatic rings. The molecule has 0 heterocycles. The van der Waals surface area contributed by atoms with E-state index in [1.54, 1.807) is 0 Å². The Balaban J connectivity index is 2.90. The first-order valence-electron chi connectivity index (χ1n) is 5.87. The number of hydrogen-bond donors (Lipinski definition) is 1. The van der Waals surface area contributed by atoms with Gasteiger partial charge >= 0.3 is 0 Å². The lowest BCUT2D eigenvalue weighted by atomic mass is 10.0. The third kappa shape index (κ3) is 4.94. The highest BCUT2D eigenvalue weighted by Crippen LogP contribution is 2.30. The normalized spacial score (nSPS) is 12.5. The molecule has 0 aliphatic rings. The van der Waals surface area contributed by atoms with Crippen LogP contribution < -0.4 is 5.32 Å². The van der Waals surface area contributed by atoms with E-state index in [0.29, 0.717) is 6.04 Å². The van der Waals surface area contributed by atoms with Gasteiger partial charge in [0.15, 0.2) is 0 Å². The summed E-state index contributed by atoms with van der Waals surface area (Å²) in [6, 6.07) is 6.67. The molecule has 0 saturated carbocycles. The molecule has 1 unspecified atom stereocenters. The molecule has 1 rings (SSSR count). The molecule has 3 heteroatoms. The van der Waals surface area contributed by atoms with Gasteiger partial charge < -0.3 is 5.32 Å². The van der Waals surface area contributed by atoms with Crippen LogP contribution in [0.3, 0.4) is 0 Å². The van der Waals surface area contributed by atoms with Gasteiger partial charge in [0.25, 0.3) is 0 Å².